The first-order valence-electron chi connectivity index (χ1n) is 7.58. The van der Waals surface area contributed by atoms with Gasteiger partial charge in [0, 0.05) is 6.54 Å². The minimum atomic E-state index is 0.793. The van der Waals surface area contributed by atoms with E-state index in [1.54, 1.807) is 0 Å². The van der Waals surface area contributed by atoms with Crippen LogP contribution in [0.25, 0.3) is 10.8 Å². The molecule has 0 unspecified atom stereocenters. The molecule has 0 aromatic heterocycles. The van der Waals surface area contributed by atoms with Crippen molar-refractivity contribution in [2.24, 2.45) is 0 Å². The molecule has 2 rings (SSSR count). The summed E-state index contributed by atoms with van der Waals surface area (Å²) < 4.78 is 5.70. The van der Waals surface area contributed by atoms with E-state index in [1.807, 2.05) is 0 Å². The Balaban J connectivity index is 1.86. The third kappa shape index (κ3) is 4.06. The molecule has 0 amide bonds. The van der Waals surface area contributed by atoms with E-state index in [9.17, 15) is 0 Å². The zero-order valence-electron chi connectivity index (χ0n) is 12.6. The van der Waals surface area contributed by atoms with Gasteiger partial charge in [-0.05, 0) is 48.2 Å². The maximum Gasteiger partial charge on any atom is 0.0591 e. The first-order chi connectivity index (χ1) is 9.83. The van der Waals surface area contributed by atoms with Crippen LogP contribution in [-0.2, 0) is 11.2 Å². The van der Waals surface area contributed by atoms with Crippen LogP contribution in [0.15, 0.2) is 36.4 Å². The Morgan fingerprint density at radius 3 is 2.55 bits per heavy atom. The molecule has 0 saturated carbocycles. The summed E-state index contributed by atoms with van der Waals surface area (Å²) >= 11 is 0. The molecular formula is C18H25NO. The molecule has 2 heteroatoms. The molecule has 20 heavy (non-hydrogen) atoms. The molecule has 0 heterocycles. The summed E-state index contributed by atoms with van der Waals surface area (Å²) in [6.07, 6.45) is 2.16. The van der Waals surface area contributed by atoms with Crippen LogP contribution in [0, 0.1) is 6.92 Å². The average Bonchev–Trinajstić information content (AvgIpc) is 2.49. The van der Waals surface area contributed by atoms with Gasteiger partial charge in [0.1, 0.15) is 0 Å². The van der Waals surface area contributed by atoms with Crippen molar-refractivity contribution in [3.05, 3.63) is 47.5 Å². The van der Waals surface area contributed by atoms with Crippen LogP contribution in [0.5, 0.6) is 0 Å². The SMILES string of the molecule is CCCNCCOCCc1ccc(C)c2ccccc12. The fourth-order valence-corrected chi connectivity index (χ4v) is 2.46. The molecular weight excluding hydrogens is 246 g/mol. The molecule has 0 aliphatic carbocycles. The number of fused-ring (bicyclic) bond motifs is 1. The second-order valence-corrected chi connectivity index (χ2v) is 5.20. The largest absolute Gasteiger partial charge is 0.380 e. The summed E-state index contributed by atoms with van der Waals surface area (Å²) in [7, 11) is 0. The number of benzene rings is 2. The fraction of sp³-hybridized carbons (Fsp3) is 0.444. The van der Waals surface area contributed by atoms with E-state index in [4.69, 9.17) is 4.74 Å². The molecule has 0 fully saturated rings. The average molecular weight is 271 g/mol. The number of aryl methyl sites for hydroxylation is 1. The van der Waals surface area contributed by atoms with E-state index in [0.29, 0.717) is 0 Å². The molecule has 0 radical (unpaired) electrons. The molecule has 0 saturated heterocycles. The van der Waals surface area contributed by atoms with Gasteiger partial charge in [0.2, 0.25) is 0 Å². The Hall–Kier alpha value is -1.38. The second-order valence-electron chi connectivity index (χ2n) is 5.20. The number of rotatable bonds is 8. The fourth-order valence-electron chi connectivity index (χ4n) is 2.46. The summed E-state index contributed by atoms with van der Waals surface area (Å²) in [5.41, 5.74) is 2.72. The van der Waals surface area contributed by atoms with E-state index < -0.39 is 0 Å². The highest BCUT2D eigenvalue weighted by Gasteiger charge is 2.02. The molecule has 0 atom stereocenters. The highest BCUT2D eigenvalue weighted by molar-refractivity contribution is 5.88. The molecule has 108 valence electrons. The van der Waals surface area contributed by atoms with Crippen LogP contribution >= 0.6 is 0 Å². The van der Waals surface area contributed by atoms with Crippen molar-refractivity contribution in [2.45, 2.75) is 26.7 Å². The van der Waals surface area contributed by atoms with Crippen LogP contribution in [0.2, 0.25) is 0 Å². The standard InChI is InChI=1S/C18H25NO/c1-3-11-19-12-14-20-13-10-16-9-8-15(2)17-6-4-5-7-18(16)17/h4-9,19H,3,10-14H2,1-2H3. The Bertz CT molecular complexity index is 536. The summed E-state index contributed by atoms with van der Waals surface area (Å²) in [4.78, 5) is 0. The summed E-state index contributed by atoms with van der Waals surface area (Å²) in [6.45, 7) is 7.96. The Morgan fingerprint density at radius 1 is 0.950 bits per heavy atom. The molecule has 2 aromatic carbocycles. The van der Waals surface area contributed by atoms with E-state index in [2.05, 4.69) is 55.6 Å². The lowest BCUT2D eigenvalue weighted by atomic mass is 9.99. The lowest BCUT2D eigenvalue weighted by Crippen LogP contribution is -2.20. The molecule has 0 spiro atoms. The van der Waals surface area contributed by atoms with Crippen molar-refractivity contribution in [3.8, 4) is 0 Å². The van der Waals surface area contributed by atoms with E-state index in [-0.39, 0.29) is 0 Å². The first-order valence-corrected chi connectivity index (χ1v) is 7.58. The van der Waals surface area contributed by atoms with Crippen molar-refractivity contribution in [3.63, 3.8) is 0 Å². The monoisotopic (exact) mass is 271 g/mol. The number of hydrogen-bond donors (Lipinski definition) is 1. The van der Waals surface area contributed by atoms with Crippen molar-refractivity contribution < 1.29 is 4.74 Å². The Kier molecular flexibility index (Phi) is 6.03. The quantitative estimate of drug-likeness (QED) is 0.739. The summed E-state index contributed by atoms with van der Waals surface area (Å²) in [6, 6.07) is 13.1. The van der Waals surface area contributed by atoms with Gasteiger partial charge in [-0.1, -0.05) is 43.3 Å². The zero-order chi connectivity index (χ0) is 14.2. The lowest BCUT2D eigenvalue weighted by molar-refractivity contribution is 0.139. The molecule has 2 nitrogen and oxygen atoms in total. The lowest BCUT2D eigenvalue weighted by Gasteiger charge is -2.10. The first kappa shape index (κ1) is 15.0. The van der Waals surface area contributed by atoms with E-state index >= 15 is 0 Å². The number of hydrogen-bond acceptors (Lipinski definition) is 2. The van der Waals surface area contributed by atoms with Crippen molar-refractivity contribution in [1.29, 1.82) is 0 Å². The van der Waals surface area contributed by atoms with Crippen LogP contribution < -0.4 is 5.32 Å². The van der Waals surface area contributed by atoms with Gasteiger partial charge in [0.05, 0.1) is 13.2 Å². The maximum atomic E-state index is 5.70. The number of nitrogens with one attached hydrogen (secondary N) is 1. The minimum absolute atomic E-state index is 0.793. The highest BCUT2D eigenvalue weighted by Crippen LogP contribution is 2.22. The number of ether oxygens (including phenoxy) is 1. The van der Waals surface area contributed by atoms with Gasteiger partial charge >= 0.3 is 0 Å². The van der Waals surface area contributed by atoms with Crippen LogP contribution in [-0.4, -0.2) is 26.3 Å². The maximum absolute atomic E-state index is 5.70. The predicted octanol–water partition coefficient (Wildman–Crippen LogP) is 3.71. The topological polar surface area (TPSA) is 21.3 Å². The summed E-state index contributed by atoms with van der Waals surface area (Å²) in [5.74, 6) is 0. The van der Waals surface area contributed by atoms with Crippen LogP contribution in [0.4, 0.5) is 0 Å². The van der Waals surface area contributed by atoms with Crippen molar-refractivity contribution >= 4 is 10.8 Å². The molecule has 0 bridgehead atoms. The van der Waals surface area contributed by atoms with Gasteiger partial charge in [0.25, 0.3) is 0 Å². The smallest absolute Gasteiger partial charge is 0.0591 e. The highest BCUT2D eigenvalue weighted by atomic mass is 16.5. The summed E-state index contributed by atoms with van der Waals surface area (Å²) in [5, 5.41) is 6.06. The third-order valence-corrected chi connectivity index (χ3v) is 3.60. The molecule has 2 aromatic rings. The van der Waals surface area contributed by atoms with Gasteiger partial charge in [-0.2, -0.15) is 0 Å². The third-order valence-electron chi connectivity index (χ3n) is 3.60. The second kappa shape index (κ2) is 8.03. The molecule has 0 aliphatic rings. The normalized spacial score (nSPS) is 11.1. The molecule has 0 aliphatic heterocycles. The Labute approximate surface area is 122 Å². The zero-order valence-corrected chi connectivity index (χ0v) is 12.6. The van der Waals surface area contributed by atoms with Gasteiger partial charge in [-0.15, -0.1) is 0 Å². The minimum Gasteiger partial charge on any atom is -0.380 e. The van der Waals surface area contributed by atoms with Crippen molar-refractivity contribution in [2.75, 3.05) is 26.3 Å². The molecule has 1 N–H and O–H groups in total. The van der Waals surface area contributed by atoms with Crippen LogP contribution in [0.3, 0.4) is 0 Å². The van der Waals surface area contributed by atoms with Gasteiger partial charge < -0.3 is 10.1 Å². The Morgan fingerprint density at radius 2 is 1.75 bits per heavy atom. The van der Waals surface area contributed by atoms with E-state index in [0.717, 1.165) is 32.7 Å². The van der Waals surface area contributed by atoms with Crippen LogP contribution in [0.1, 0.15) is 24.5 Å². The van der Waals surface area contributed by atoms with E-state index in [1.165, 1.54) is 28.3 Å². The van der Waals surface area contributed by atoms with Gasteiger partial charge in [-0.3, -0.25) is 0 Å². The predicted molar refractivity (Wildman–Crippen MR) is 86.4 cm³/mol. The van der Waals surface area contributed by atoms with Crippen molar-refractivity contribution in [1.82, 2.24) is 5.32 Å². The van der Waals surface area contributed by atoms with Gasteiger partial charge in [-0.25, -0.2) is 0 Å². The van der Waals surface area contributed by atoms with Gasteiger partial charge in [0.15, 0.2) is 0 Å².